The number of hydrogen-bond acceptors (Lipinski definition) is 4. The first kappa shape index (κ1) is 17.5. The normalized spacial score (nSPS) is 14.3. The molecule has 0 bridgehead atoms. The molecule has 6 nitrogen and oxygen atoms in total. The monoisotopic (exact) mass is 364 g/mol. The summed E-state index contributed by atoms with van der Waals surface area (Å²) in [6.07, 6.45) is 5.29. The van der Waals surface area contributed by atoms with E-state index < -0.39 is 0 Å². The van der Waals surface area contributed by atoms with Crippen LogP contribution in [0, 0.1) is 0 Å². The number of carbonyl (C=O) groups is 1. The second kappa shape index (κ2) is 7.39. The minimum Gasteiger partial charge on any atom is -0.419 e. The van der Waals surface area contributed by atoms with Crippen LogP contribution in [0.3, 0.4) is 0 Å². The summed E-state index contributed by atoms with van der Waals surface area (Å²) in [7, 11) is 0. The molecule has 2 aromatic heterocycles. The lowest BCUT2D eigenvalue weighted by atomic mass is 9.85. The molecule has 3 aromatic rings. The topological polar surface area (TPSA) is 73.0 Å². The molecule has 0 radical (unpaired) electrons. The number of hydrogen-bond donors (Lipinski definition) is 1. The first-order valence-corrected chi connectivity index (χ1v) is 9.49. The predicted octanol–water partition coefficient (Wildman–Crippen LogP) is 4.57. The maximum Gasteiger partial charge on any atom is 0.264 e. The molecule has 0 unspecified atom stereocenters. The Balaban J connectivity index is 1.43. The number of nitrogens with zero attached hydrogens (tertiary/aromatic N) is 3. The van der Waals surface area contributed by atoms with Gasteiger partial charge in [0.15, 0.2) is 0 Å². The lowest BCUT2D eigenvalue weighted by molar-refractivity contribution is -0.116. The summed E-state index contributed by atoms with van der Waals surface area (Å²) in [5.41, 5.74) is 2.81. The van der Waals surface area contributed by atoms with Gasteiger partial charge in [0, 0.05) is 17.8 Å². The molecule has 27 heavy (non-hydrogen) atoms. The summed E-state index contributed by atoms with van der Waals surface area (Å²) in [6.45, 7) is 4.49. The Kier molecular flexibility index (Phi) is 4.79. The molecule has 1 aliphatic carbocycles. The molecule has 1 fully saturated rings. The highest BCUT2D eigenvalue weighted by Crippen LogP contribution is 2.36. The van der Waals surface area contributed by atoms with Gasteiger partial charge < -0.3 is 14.3 Å². The lowest BCUT2D eigenvalue weighted by Crippen LogP contribution is -2.18. The molecule has 0 aliphatic heterocycles. The van der Waals surface area contributed by atoms with E-state index in [1.807, 2.05) is 47.2 Å². The van der Waals surface area contributed by atoms with Crippen LogP contribution in [0.2, 0.25) is 0 Å². The maximum atomic E-state index is 12.5. The van der Waals surface area contributed by atoms with Crippen LogP contribution in [-0.2, 0) is 11.3 Å². The van der Waals surface area contributed by atoms with Crippen molar-refractivity contribution in [3.63, 3.8) is 0 Å². The van der Waals surface area contributed by atoms with E-state index >= 15 is 0 Å². The summed E-state index contributed by atoms with van der Waals surface area (Å²) >= 11 is 0. The highest BCUT2D eigenvalue weighted by molar-refractivity contribution is 5.90. The maximum absolute atomic E-state index is 12.5. The highest BCUT2D eigenvalue weighted by Gasteiger charge is 2.26. The third-order valence-electron chi connectivity index (χ3n) is 5.12. The predicted molar refractivity (Wildman–Crippen MR) is 103 cm³/mol. The zero-order chi connectivity index (χ0) is 18.8. The largest absolute Gasteiger partial charge is 0.419 e. The number of anilines is 1. The molecule has 2 heterocycles. The van der Waals surface area contributed by atoms with E-state index in [4.69, 9.17) is 4.42 Å². The Hall–Kier alpha value is -2.89. The number of aromatic nitrogens is 3. The first-order chi connectivity index (χ1) is 13.1. The number of benzene rings is 1. The van der Waals surface area contributed by atoms with Gasteiger partial charge in [-0.05, 0) is 48.6 Å². The van der Waals surface area contributed by atoms with Crippen molar-refractivity contribution in [2.24, 2.45) is 0 Å². The first-order valence-electron chi connectivity index (χ1n) is 9.49. The van der Waals surface area contributed by atoms with Crippen LogP contribution < -0.4 is 5.32 Å². The minimum atomic E-state index is -0.0940. The summed E-state index contributed by atoms with van der Waals surface area (Å²) in [4.78, 5) is 12.5. The van der Waals surface area contributed by atoms with E-state index in [0.29, 0.717) is 23.6 Å². The van der Waals surface area contributed by atoms with Crippen molar-refractivity contribution in [1.29, 1.82) is 0 Å². The van der Waals surface area contributed by atoms with Gasteiger partial charge in [-0.25, -0.2) is 0 Å². The third-order valence-corrected chi connectivity index (χ3v) is 5.12. The smallest absolute Gasteiger partial charge is 0.264 e. The average Bonchev–Trinajstić information content (AvgIpc) is 3.23. The van der Waals surface area contributed by atoms with Crippen LogP contribution in [0.15, 0.2) is 47.0 Å². The molecule has 140 valence electrons. The SMILES string of the molecule is CC(C)c1ccc(NC(=O)Cn2cccc2-c2nnc(C3CCC3)o2)cc1. The lowest BCUT2D eigenvalue weighted by Gasteiger charge is -2.20. The zero-order valence-electron chi connectivity index (χ0n) is 15.7. The van der Waals surface area contributed by atoms with Gasteiger partial charge in [0.25, 0.3) is 5.89 Å². The number of amides is 1. The Morgan fingerprint density at radius 1 is 1.22 bits per heavy atom. The number of carbonyl (C=O) groups excluding carboxylic acids is 1. The van der Waals surface area contributed by atoms with Gasteiger partial charge in [0.1, 0.15) is 12.2 Å². The molecular formula is C21H24N4O2. The van der Waals surface area contributed by atoms with Crippen LogP contribution in [0.1, 0.15) is 56.4 Å². The van der Waals surface area contributed by atoms with Crippen molar-refractivity contribution in [2.75, 3.05) is 5.32 Å². The summed E-state index contributed by atoms with van der Waals surface area (Å²) in [6, 6.07) is 11.7. The quantitative estimate of drug-likeness (QED) is 0.695. The van der Waals surface area contributed by atoms with Gasteiger partial charge in [-0.2, -0.15) is 0 Å². The van der Waals surface area contributed by atoms with Crippen molar-refractivity contribution >= 4 is 11.6 Å². The Bertz CT molecular complexity index is 920. The van der Waals surface area contributed by atoms with E-state index in [9.17, 15) is 4.79 Å². The molecular weight excluding hydrogens is 340 g/mol. The number of nitrogens with one attached hydrogen (secondary N) is 1. The van der Waals surface area contributed by atoms with Crippen molar-refractivity contribution in [2.45, 2.75) is 51.5 Å². The van der Waals surface area contributed by atoms with Crippen molar-refractivity contribution in [3.05, 3.63) is 54.0 Å². The van der Waals surface area contributed by atoms with Crippen LogP contribution in [0.5, 0.6) is 0 Å². The van der Waals surface area contributed by atoms with Gasteiger partial charge in [-0.15, -0.1) is 10.2 Å². The Morgan fingerprint density at radius 3 is 2.67 bits per heavy atom. The van der Waals surface area contributed by atoms with E-state index in [-0.39, 0.29) is 12.5 Å². The van der Waals surface area contributed by atoms with Crippen molar-refractivity contribution in [3.8, 4) is 11.6 Å². The molecule has 0 spiro atoms. The van der Waals surface area contributed by atoms with Gasteiger partial charge in [0.2, 0.25) is 11.8 Å². The van der Waals surface area contributed by atoms with Crippen LogP contribution in [0.4, 0.5) is 5.69 Å². The molecule has 1 N–H and O–H groups in total. The zero-order valence-corrected chi connectivity index (χ0v) is 15.7. The summed E-state index contributed by atoms with van der Waals surface area (Å²) < 4.78 is 7.66. The molecule has 6 heteroatoms. The molecule has 4 rings (SSSR count). The van der Waals surface area contributed by atoms with Crippen LogP contribution in [-0.4, -0.2) is 20.7 Å². The fourth-order valence-electron chi connectivity index (χ4n) is 3.21. The van der Waals surface area contributed by atoms with Crippen molar-refractivity contribution in [1.82, 2.24) is 14.8 Å². The molecule has 1 aliphatic rings. The minimum absolute atomic E-state index is 0.0940. The van der Waals surface area contributed by atoms with Gasteiger partial charge in [-0.3, -0.25) is 4.79 Å². The van der Waals surface area contributed by atoms with E-state index in [2.05, 4.69) is 29.4 Å². The van der Waals surface area contributed by atoms with Crippen LogP contribution >= 0.6 is 0 Å². The van der Waals surface area contributed by atoms with E-state index in [0.717, 1.165) is 24.2 Å². The Labute approximate surface area is 158 Å². The molecule has 1 saturated carbocycles. The summed E-state index contributed by atoms with van der Waals surface area (Å²) in [5.74, 6) is 1.95. The molecule has 0 saturated heterocycles. The van der Waals surface area contributed by atoms with Gasteiger partial charge >= 0.3 is 0 Å². The van der Waals surface area contributed by atoms with Crippen LogP contribution in [0.25, 0.3) is 11.6 Å². The fourth-order valence-corrected chi connectivity index (χ4v) is 3.21. The van der Waals surface area contributed by atoms with Crippen molar-refractivity contribution < 1.29 is 9.21 Å². The van der Waals surface area contributed by atoms with E-state index in [1.54, 1.807) is 0 Å². The van der Waals surface area contributed by atoms with Gasteiger partial charge in [0.05, 0.1) is 0 Å². The van der Waals surface area contributed by atoms with Gasteiger partial charge in [-0.1, -0.05) is 32.4 Å². The van der Waals surface area contributed by atoms with E-state index in [1.165, 1.54) is 12.0 Å². The second-order valence-corrected chi connectivity index (χ2v) is 7.42. The standard InChI is InChI=1S/C21H24N4O2/c1-14(2)15-8-10-17(11-9-15)22-19(26)13-25-12-4-7-18(25)21-24-23-20(27-21)16-5-3-6-16/h4,7-12,14,16H,3,5-6,13H2,1-2H3,(H,22,26). The summed E-state index contributed by atoms with van der Waals surface area (Å²) in [5, 5.41) is 11.3. The Morgan fingerprint density at radius 2 is 2.00 bits per heavy atom. The highest BCUT2D eigenvalue weighted by atomic mass is 16.4. The third kappa shape index (κ3) is 3.79. The fraction of sp³-hybridized carbons (Fsp3) is 0.381. The molecule has 1 amide bonds. The molecule has 1 aromatic carbocycles. The number of rotatable bonds is 6. The molecule has 0 atom stereocenters. The average molecular weight is 364 g/mol. The second-order valence-electron chi connectivity index (χ2n) is 7.42.